The normalized spacial score (nSPS) is 15.5. The molecule has 0 radical (unpaired) electrons. The maximum atomic E-state index is 12.5. The zero-order chi connectivity index (χ0) is 28.0. The molecule has 0 aromatic heterocycles. The van der Waals surface area contributed by atoms with Crippen molar-refractivity contribution in [2.75, 3.05) is 40.9 Å². The second kappa shape index (κ2) is 22.1. The van der Waals surface area contributed by atoms with Crippen LogP contribution in [-0.4, -0.2) is 73.4 Å². The van der Waals surface area contributed by atoms with Crippen LogP contribution in [0, 0.1) is 0 Å². The van der Waals surface area contributed by atoms with Gasteiger partial charge in [0.2, 0.25) is 5.91 Å². The van der Waals surface area contributed by atoms with Crippen molar-refractivity contribution in [2.24, 2.45) is 0 Å². The third-order valence-electron chi connectivity index (χ3n) is 6.26. The molecule has 0 spiro atoms. The number of aliphatic hydroxyl groups is 1. The third kappa shape index (κ3) is 24.0. The first kappa shape index (κ1) is 36.2. The van der Waals surface area contributed by atoms with Crippen molar-refractivity contribution in [3.63, 3.8) is 0 Å². The number of hydrogen-bond donors (Lipinski definition) is 3. The molecule has 0 bridgehead atoms. The summed E-state index contributed by atoms with van der Waals surface area (Å²) in [5, 5.41) is 13.4. The van der Waals surface area contributed by atoms with Crippen LogP contribution in [0.1, 0.15) is 110 Å². The number of phosphoric ester groups is 1. The number of likely N-dealkylation sites (N-methyl/N-ethyl adjacent to an activating group) is 1. The molecule has 0 saturated carbocycles. The second-order valence-corrected chi connectivity index (χ2v) is 12.6. The van der Waals surface area contributed by atoms with Crippen molar-refractivity contribution in [2.45, 2.75) is 122 Å². The standard InChI is InChI=1S/C28H57N2O6P/c1-6-8-10-12-13-14-15-16-17-18-20-22-28(32)29-26(27(31)21-19-11-9-7-2)25-36-37(33,34)35-24-23-30(3,4)5/h19,21,26-27,31H,6-18,20,22-25H2,1-5H3,(H-,29,32,33,34)/p+1/b21-19+. The van der Waals surface area contributed by atoms with Gasteiger partial charge in [-0.15, -0.1) is 0 Å². The number of carbonyl (C=O) groups excluding carboxylic acids is 1. The Labute approximate surface area is 227 Å². The van der Waals surface area contributed by atoms with E-state index in [1.807, 2.05) is 27.2 Å². The second-order valence-electron chi connectivity index (χ2n) is 11.1. The monoisotopic (exact) mass is 549 g/mol. The largest absolute Gasteiger partial charge is 0.472 e. The van der Waals surface area contributed by atoms with Crippen LogP contribution in [0.3, 0.4) is 0 Å². The summed E-state index contributed by atoms with van der Waals surface area (Å²) in [5.41, 5.74) is 0. The van der Waals surface area contributed by atoms with E-state index in [2.05, 4.69) is 19.2 Å². The van der Waals surface area contributed by atoms with E-state index < -0.39 is 20.0 Å². The molecule has 0 saturated heterocycles. The van der Waals surface area contributed by atoms with Crippen molar-refractivity contribution in [1.29, 1.82) is 0 Å². The molecule has 0 rings (SSSR count). The molecule has 0 aliphatic heterocycles. The van der Waals surface area contributed by atoms with Crippen LogP contribution in [0.15, 0.2) is 12.2 Å². The van der Waals surface area contributed by atoms with Gasteiger partial charge in [-0.25, -0.2) is 4.57 Å². The first-order valence-electron chi connectivity index (χ1n) is 14.6. The summed E-state index contributed by atoms with van der Waals surface area (Å²) in [6.07, 6.45) is 19.0. The molecule has 37 heavy (non-hydrogen) atoms. The summed E-state index contributed by atoms with van der Waals surface area (Å²) in [4.78, 5) is 22.6. The molecule has 3 unspecified atom stereocenters. The number of nitrogens with one attached hydrogen (secondary N) is 1. The van der Waals surface area contributed by atoms with Gasteiger partial charge in [0.05, 0.1) is 39.9 Å². The summed E-state index contributed by atoms with van der Waals surface area (Å²) < 4.78 is 23.1. The van der Waals surface area contributed by atoms with E-state index in [9.17, 15) is 19.4 Å². The summed E-state index contributed by atoms with van der Waals surface area (Å²) in [6.45, 7) is 4.61. The summed E-state index contributed by atoms with van der Waals surface area (Å²) in [7, 11) is 1.56. The van der Waals surface area contributed by atoms with Crippen LogP contribution in [-0.2, 0) is 18.4 Å². The average Bonchev–Trinajstić information content (AvgIpc) is 2.81. The fraction of sp³-hybridized carbons (Fsp3) is 0.893. The van der Waals surface area contributed by atoms with Crippen molar-refractivity contribution in [3.8, 4) is 0 Å². The SMILES string of the molecule is CCCC/C=C/C(O)C(COP(=O)(O)OCC[N+](C)(C)C)NC(=O)CCCCCCCCCCCCC. The van der Waals surface area contributed by atoms with Gasteiger partial charge in [-0.2, -0.15) is 0 Å². The highest BCUT2D eigenvalue weighted by Crippen LogP contribution is 2.43. The quantitative estimate of drug-likeness (QED) is 0.0548. The number of allylic oxidation sites excluding steroid dienone is 1. The van der Waals surface area contributed by atoms with Gasteiger partial charge in [0, 0.05) is 6.42 Å². The van der Waals surface area contributed by atoms with Gasteiger partial charge in [-0.3, -0.25) is 13.8 Å². The van der Waals surface area contributed by atoms with E-state index in [0.29, 0.717) is 17.4 Å². The summed E-state index contributed by atoms with van der Waals surface area (Å²) in [6, 6.07) is -0.833. The van der Waals surface area contributed by atoms with Crippen molar-refractivity contribution < 1.29 is 32.9 Å². The molecule has 9 heteroatoms. The zero-order valence-electron chi connectivity index (χ0n) is 24.5. The smallest absolute Gasteiger partial charge is 0.387 e. The van der Waals surface area contributed by atoms with Gasteiger partial charge in [0.15, 0.2) is 0 Å². The minimum Gasteiger partial charge on any atom is -0.387 e. The molecule has 8 nitrogen and oxygen atoms in total. The average molecular weight is 550 g/mol. The van der Waals surface area contributed by atoms with Crippen LogP contribution in [0.25, 0.3) is 0 Å². The number of carbonyl (C=O) groups is 1. The minimum absolute atomic E-state index is 0.0621. The number of phosphoric acid groups is 1. The Morgan fingerprint density at radius 1 is 0.892 bits per heavy atom. The molecule has 0 heterocycles. The topological polar surface area (TPSA) is 105 Å². The van der Waals surface area contributed by atoms with Crippen molar-refractivity contribution in [1.82, 2.24) is 5.32 Å². The van der Waals surface area contributed by atoms with E-state index in [-0.39, 0.29) is 19.1 Å². The van der Waals surface area contributed by atoms with Gasteiger partial charge in [-0.05, 0) is 12.8 Å². The maximum Gasteiger partial charge on any atom is 0.472 e. The fourth-order valence-electron chi connectivity index (χ4n) is 3.79. The molecule has 0 aliphatic rings. The number of unbranched alkanes of at least 4 members (excludes halogenated alkanes) is 12. The molecular weight excluding hydrogens is 491 g/mol. The first-order valence-corrected chi connectivity index (χ1v) is 16.1. The first-order chi connectivity index (χ1) is 17.5. The fourth-order valence-corrected chi connectivity index (χ4v) is 4.52. The summed E-state index contributed by atoms with van der Waals surface area (Å²) in [5.74, 6) is -0.191. The van der Waals surface area contributed by atoms with Gasteiger partial charge in [0.1, 0.15) is 13.2 Å². The molecule has 3 atom stereocenters. The van der Waals surface area contributed by atoms with Crippen LogP contribution < -0.4 is 5.32 Å². The molecule has 0 aromatic rings. The Balaban J connectivity index is 4.49. The molecular formula is C28H58N2O6P+. The predicted octanol–water partition coefficient (Wildman–Crippen LogP) is 6.12. The van der Waals surface area contributed by atoms with E-state index in [4.69, 9.17) is 9.05 Å². The van der Waals surface area contributed by atoms with E-state index in [1.165, 1.54) is 51.4 Å². The van der Waals surface area contributed by atoms with Crippen molar-refractivity contribution in [3.05, 3.63) is 12.2 Å². The number of amides is 1. The lowest BCUT2D eigenvalue weighted by Gasteiger charge is -2.25. The Bertz CT molecular complexity index is 639. The van der Waals surface area contributed by atoms with Gasteiger partial charge in [0.25, 0.3) is 0 Å². The van der Waals surface area contributed by atoms with Gasteiger partial charge >= 0.3 is 7.82 Å². The highest BCUT2D eigenvalue weighted by Gasteiger charge is 2.27. The molecule has 0 aromatic carbocycles. The Kier molecular flexibility index (Phi) is 21.6. The highest BCUT2D eigenvalue weighted by atomic mass is 31.2. The Morgan fingerprint density at radius 2 is 1.43 bits per heavy atom. The van der Waals surface area contributed by atoms with E-state index in [1.54, 1.807) is 6.08 Å². The van der Waals surface area contributed by atoms with E-state index >= 15 is 0 Å². The number of rotatable bonds is 25. The Morgan fingerprint density at radius 3 is 1.97 bits per heavy atom. The van der Waals surface area contributed by atoms with Crippen molar-refractivity contribution >= 4 is 13.7 Å². The lowest BCUT2D eigenvalue weighted by atomic mass is 10.0. The molecule has 1 amide bonds. The molecule has 0 aliphatic carbocycles. The Hall–Kier alpha value is -0.760. The minimum atomic E-state index is -4.30. The van der Waals surface area contributed by atoms with Crippen LogP contribution in [0.4, 0.5) is 0 Å². The van der Waals surface area contributed by atoms with Gasteiger partial charge in [-0.1, -0.05) is 103 Å². The number of nitrogens with zero attached hydrogens (tertiary/aromatic N) is 1. The highest BCUT2D eigenvalue weighted by molar-refractivity contribution is 7.47. The lowest BCUT2D eigenvalue weighted by molar-refractivity contribution is -0.870. The van der Waals surface area contributed by atoms with Gasteiger partial charge < -0.3 is 19.8 Å². The molecule has 3 N–H and O–H groups in total. The summed E-state index contributed by atoms with van der Waals surface area (Å²) >= 11 is 0. The maximum absolute atomic E-state index is 12.5. The zero-order valence-corrected chi connectivity index (χ0v) is 25.4. The molecule has 220 valence electrons. The predicted molar refractivity (Wildman–Crippen MR) is 152 cm³/mol. The number of quaternary nitrogens is 1. The van der Waals surface area contributed by atoms with Crippen LogP contribution in [0.5, 0.6) is 0 Å². The third-order valence-corrected chi connectivity index (χ3v) is 7.24. The molecule has 0 fully saturated rings. The lowest BCUT2D eigenvalue weighted by Crippen LogP contribution is -2.45. The number of aliphatic hydroxyl groups excluding tert-OH is 1. The number of hydrogen-bond acceptors (Lipinski definition) is 5. The van der Waals surface area contributed by atoms with E-state index in [0.717, 1.165) is 38.5 Å². The van der Waals surface area contributed by atoms with Crippen LogP contribution in [0.2, 0.25) is 0 Å². The van der Waals surface area contributed by atoms with Crippen LogP contribution >= 0.6 is 7.82 Å².